The topological polar surface area (TPSA) is 88.8 Å². The highest BCUT2D eigenvalue weighted by atomic mass is 16.1. The summed E-state index contributed by atoms with van der Waals surface area (Å²) in [4.78, 5) is 26.8. The van der Waals surface area contributed by atoms with Crippen LogP contribution in [0, 0.1) is 6.92 Å². The first kappa shape index (κ1) is 19.0. The van der Waals surface area contributed by atoms with Gasteiger partial charge in [0.15, 0.2) is 5.82 Å². The van der Waals surface area contributed by atoms with Gasteiger partial charge in [-0.05, 0) is 25.8 Å². The Balaban J connectivity index is 0.000000994. The van der Waals surface area contributed by atoms with Crippen molar-refractivity contribution < 1.29 is 4.79 Å². The molecule has 8 heteroatoms. The minimum absolute atomic E-state index is 0.159. The minimum atomic E-state index is 0.159. The number of nitrogens with zero attached hydrogens (tertiary/aromatic N) is 6. The molecule has 1 spiro atoms. The zero-order valence-corrected chi connectivity index (χ0v) is 17.2. The summed E-state index contributed by atoms with van der Waals surface area (Å²) in [5, 5.41) is 7.07. The highest BCUT2D eigenvalue weighted by Crippen LogP contribution is 2.58. The van der Waals surface area contributed by atoms with Crippen LogP contribution in [0.2, 0.25) is 0 Å². The molecule has 1 fully saturated rings. The predicted molar refractivity (Wildman–Crippen MR) is 112 cm³/mol. The highest BCUT2D eigenvalue weighted by Gasteiger charge is 2.52. The van der Waals surface area contributed by atoms with Crippen LogP contribution < -0.4 is 10.2 Å². The fourth-order valence-electron chi connectivity index (χ4n) is 3.81. The Kier molecular flexibility index (Phi) is 4.77. The molecule has 8 nitrogen and oxygen atoms in total. The maximum atomic E-state index is 10.8. The van der Waals surface area contributed by atoms with Crippen molar-refractivity contribution in [3.63, 3.8) is 0 Å². The van der Waals surface area contributed by atoms with Crippen molar-refractivity contribution in [2.45, 2.75) is 39.0 Å². The number of carbonyl (C=O) groups excluding carboxylic acids is 1. The van der Waals surface area contributed by atoms with E-state index in [9.17, 15) is 4.79 Å². The van der Waals surface area contributed by atoms with Crippen LogP contribution >= 0.6 is 0 Å². The quantitative estimate of drug-likeness (QED) is 0.686. The molecule has 1 saturated carbocycles. The van der Waals surface area contributed by atoms with Crippen molar-refractivity contribution in [1.29, 1.82) is 0 Å². The lowest BCUT2D eigenvalue weighted by molar-refractivity contribution is -0.105. The Morgan fingerprint density at radius 1 is 1.21 bits per heavy atom. The molecule has 29 heavy (non-hydrogen) atoms. The summed E-state index contributed by atoms with van der Waals surface area (Å²) in [5.74, 6) is 2.00. The molecule has 5 rings (SSSR count). The molecule has 0 unspecified atom stereocenters. The summed E-state index contributed by atoms with van der Waals surface area (Å²) in [6.07, 6.45) is 6.72. The summed E-state index contributed by atoms with van der Waals surface area (Å²) in [7, 11) is 1.88. The molecule has 1 aliphatic carbocycles. The smallest absolute Gasteiger partial charge is 0.212 e. The Bertz CT molecular complexity index is 1050. The summed E-state index contributed by atoms with van der Waals surface area (Å²) >= 11 is 0. The predicted octanol–water partition coefficient (Wildman–Crippen LogP) is 3.36. The third kappa shape index (κ3) is 3.35. The number of carbonyl (C=O) groups is 1. The second kappa shape index (κ2) is 7.27. The molecule has 0 bridgehead atoms. The second-order valence-corrected chi connectivity index (χ2v) is 7.28. The van der Waals surface area contributed by atoms with Crippen LogP contribution in [0.3, 0.4) is 0 Å². The number of hydrogen-bond donors (Lipinski definition) is 1. The third-order valence-electron chi connectivity index (χ3n) is 5.33. The zero-order chi connectivity index (χ0) is 20.6. The molecule has 1 amide bonds. The maximum absolute atomic E-state index is 10.8. The molecule has 0 aromatic carbocycles. The molecule has 2 aliphatic rings. The molecule has 0 atom stereocenters. The van der Waals surface area contributed by atoms with Gasteiger partial charge in [-0.2, -0.15) is 5.10 Å². The molecule has 0 radical (unpaired) electrons. The lowest BCUT2D eigenvalue weighted by Gasteiger charge is -2.20. The summed E-state index contributed by atoms with van der Waals surface area (Å²) < 4.78 is 1.74. The largest absolute Gasteiger partial charge is 0.325 e. The van der Waals surface area contributed by atoms with Gasteiger partial charge < -0.3 is 10.2 Å². The number of fused-ring (bicyclic) bond motifs is 2. The van der Waals surface area contributed by atoms with Crippen molar-refractivity contribution in [1.82, 2.24) is 24.7 Å². The van der Waals surface area contributed by atoms with Gasteiger partial charge in [0, 0.05) is 54.8 Å². The van der Waals surface area contributed by atoms with E-state index >= 15 is 0 Å². The van der Waals surface area contributed by atoms with E-state index in [4.69, 9.17) is 4.98 Å². The molecule has 3 aromatic heterocycles. The Hall–Kier alpha value is -3.29. The van der Waals surface area contributed by atoms with E-state index in [1.807, 2.05) is 58.4 Å². The van der Waals surface area contributed by atoms with E-state index in [1.165, 1.54) is 5.56 Å². The fourth-order valence-corrected chi connectivity index (χ4v) is 3.81. The van der Waals surface area contributed by atoms with E-state index in [-0.39, 0.29) is 5.41 Å². The van der Waals surface area contributed by atoms with Gasteiger partial charge in [0.05, 0.1) is 5.69 Å². The number of nitrogens with one attached hydrogen (secondary N) is 1. The molecular weight excluding hydrogens is 366 g/mol. The van der Waals surface area contributed by atoms with Gasteiger partial charge in [-0.3, -0.25) is 9.48 Å². The standard InChI is InChI=1S/C19H19N7O.C2H6/c1-12-7-17(23-18(22-12)14-3-6-25(2)24-14)26-10-19(4-5-19)13-9-20-16(21-11-27)8-15(13)26;1-2/h3,6-9,11H,4-5,10H2,1-2H3,(H,20,21,27);1-2H3. The number of amides is 1. The van der Waals surface area contributed by atoms with E-state index in [2.05, 4.69) is 25.3 Å². The summed E-state index contributed by atoms with van der Waals surface area (Å²) in [6.45, 7) is 6.83. The number of pyridine rings is 1. The lowest BCUT2D eigenvalue weighted by atomic mass is 10.0. The van der Waals surface area contributed by atoms with Gasteiger partial charge in [0.1, 0.15) is 17.3 Å². The molecule has 1 aliphatic heterocycles. The number of hydrogen-bond acceptors (Lipinski definition) is 6. The van der Waals surface area contributed by atoms with Gasteiger partial charge in [-0.25, -0.2) is 15.0 Å². The Morgan fingerprint density at radius 3 is 2.66 bits per heavy atom. The lowest BCUT2D eigenvalue weighted by Crippen LogP contribution is -2.20. The maximum Gasteiger partial charge on any atom is 0.212 e. The van der Waals surface area contributed by atoms with Crippen LogP contribution in [0.25, 0.3) is 11.5 Å². The van der Waals surface area contributed by atoms with Crippen LogP contribution in [0.4, 0.5) is 17.3 Å². The Labute approximate surface area is 170 Å². The van der Waals surface area contributed by atoms with Crippen molar-refractivity contribution in [3.8, 4) is 11.5 Å². The van der Waals surface area contributed by atoms with Crippen molar-refractivity contribution >= 4 is 23.7 Å². The fraction of sp³-hybridized carbons (Fsp3) is 0.381. The van der Waals surface area contributed by atoms with E-state index in [0.29, 0.717) is 18.1 Å². The van der Waals surface area contributed by atoms with Crippen LogP contribution in [0.5, 0.6) is 0 Å². The average molecular weight is 391 g/mol. The first-order valence-corrected chi connectivity index (χ1v) is 9.92. The van der Waals surface area contributed by atoms with E-state index in [1.54, 1.807) is 4.68 Å². The minimum Gasteiger partial charge on any atom is -0.325 e. The summed E-state index contributed by atoms with van der Waals surface area (Å²) in [6, 6.07) is 5.83. The normalized spacial score (nSPS) is 15.5. The van der Waals surface area contributed by atoms with E-state index in [0.717, 1.165) is 42.3 Å². The van der Waals surface area contributed by atoms with E-state index < -0.39 is 0 Å². The van der Waals surface area contributed by atoms with Crippen molar-refractivity contribution in [2.24, 2.45) is 7.05 Å². The molecule has 1 N–H and O–H groups in total. The van der Waals surface area contributed by atoms with Crippen LogP contribution in [0.1, 0.15) is 37.9 Å². The molecule has 4 heterocycles. The van der Waals surface area contributed by atoms with Gasteiger partial charge in [0.25, 0.3) is 0 Å². The third-order valence-corrected chi connectivity index (χ3v) is 5.33. The van der Waals surface area contributed by atoms with Crippen molar-refractivity contribution in [3.05, 3.63) is 41.9 Å². The van der Waals surface area contributed by atoms with Crippen LogP contribution in [-0.2, 0) is 17.3 Å². The Morgan fingerprint density at radius 2 is 2.00 bits per heavy atom. The molecule has 3 aromatic rings. The number of aromatic nitrogens is 5. The number of rotatable bonds is 4. The molecule has 150 valence electrons. The SMILES string of the molecule is CC.Cc1cc(N2CC3(CC3)c3cnc(NC=O)cc32)nc(-c2ccn(C)n2)n1. The van der Waals surface area contributed by atoms with Gasteiger partial charge >= 0.3 is 0 Å². The average Bonchev–Trinajstić information content (AvgIpc) is 3.26. The van der Waals surface area contributed by atoms with Gasteiger partial charge in [-0.15, -0.1) is 0 Å². The van der Waals surface area contributed by atoms with Crippen molar-refractivity contribution in [2.75, 3.05) is 16.8 Å². The molecular formula is C21H25N7O. The summed E-state index contributed by atoms with van der Waals surface area (Å²) in [5.41, 5.74) is 4.08. The van der Waals surface area contributed by atoms with Crippen LogP contribution in [0.15, 0.2) is 30.6 Å². The van der Waals surface area contributed by atoms with Gasteiger partial charge in [-0.1, -0.05) is 13.8 Å². The number of anilines is 3. The van der Waals surface area contributed by atoms with Gasteiger partial charge in [0.2, 0.25) is 6.41 Å². The van der Waals surface area contributed by atoms with Crippen LogP contribution in [-0.4, -0.2) is 37.7 Å². The zero-order valence-electron chi connectivity index (χ0n) is 17.2. The first-order valence-electron chi connectivity index (χ1n) is 9.92. The highest BCUT2D eigenvalue weighted by molar-refractivity contribution is 5.78. The second-order valence-electron chi connectivity index (χ2n) is 7.28. The number of aryl methyl sites for hydroxylation is 2. The first-order chi connectivity index (χ1) is 14.1. The molecule has 0 saturated heterocycles. The monoisotopic (exact) mass is 391 g/mol.